The summed E-state index contributed by atoms with van der Waals surface area (Å²) >= 11 is 1.94. The third-order valence-electron chi connectivity index (χ3n) is 14.6. The van der Waals surface area contributed by atoms with Gasteiger partial charge in [-0.05, 0) is 77.4 Å². The number of rotatable bonds is 1. The van der Waals surface area contributed by atoms with Gasteiger partial charge in [0.15, 0.2) is 8.07 Å². The zero-order valence-electron chi connectivity index (χ0n) is 32.2. The van der Waals surface area contributed by atoms with Crippen molar-refractivity contribution in [3.05, 3.63) is 229 Å². The van der Waals surface area contributed by atoms with Gasteiger partial charge >= 0.3 is 0 Å². The van der Waals surface area contributed by atoms with Crippen molar-refractivity contribution >= 4 is 86.8 Å². The molecule has 0 amide bonds. The van der Waals surface area contributed by atoms with Crippen LogP contribution in [0.4, 0.5) is 0 Å². The van der Waals surface area contributed by atoms with Gasteiger partial charge in [-0.2, -0.15) is 0 Å². The smallest absolute Gasteiger partial charge is 0.0912 e. The van der Waals surface area contributed by atoms with Crippen molar-refractivity contribution in [2.24, 2.45) is 0 Å². The molecule has 0 bridgehead atoms. The second kappa shape index (κ2) is 11.7. The highest BCUT2D eigenvalue weighted by Crippen LogP contribution is 2.48. The summed E-state index contributed by atoms with van der Waals surface area (Å²) in [6.45, 7) is 0.258. The van der Waals surface area contributed by atoms with Crippen LogP contribution >= 0.6 is 11.8 Å². The van der Waals surface area contributed by atoms with Crippen molar-refractivity contribution in [3.8, 4) is 22.3 Å². The molecule has 0 nitrogen and oxygen atoms in total. The maximum Gasteiger partial charge on any atom is 0.245 e. The normalized spacial score (nSPS) is 15.6. The van der Waals surface area contributed by atoms with Gasteiger partial charge < -0.3 is 0 Å². The van der Waals surface area contributed by atoms with E-state index in [-0.39, 0.29) is 13.4 Å². The molecular formula is C55H34B2SSi. The first-order chi connectivity index (χ1) is 29.3. The first kappa shape index (κ1) is 32.6. The average Bonchev–Trinajstić information content (AvgIpc) is 3.77. The fourth-order valence-corrected chi connectivity index (χ4v) is 19.4. The van der Waals surface area contributed by atoms with Crippen LogP contribution in [0.3, 0.4) is 0 Å². The minimum absolute atomic E-state index is 0.0690. The summed E-state index contributed by atoms with van der Waals surface area (Å²) in [5.41, 5.74) is 19.3. The summed E-state index contributed by atoms with van der Waals surface area (Å²) in [5.74, 6) is 0. The third-order valence-corrected chi connectivity index (χ3v) is 20.7. The molecule has 0 atom stereocenters. The molecule has 0 saturated heterocycles. The molecule has 0 saturated carbocycles. The minimum atomic E-state index is -2.61. The largest absolute Gasteiger partial charge is 0.245 e. The fraction of sp³-hybridized carbons (Fsp3) is 0.0182. The van der Waals surface area contributed by atoms with Crippen LogP contribution in [0.1, 0.15) is 22.3 Å². The Labute approximate surface area is 350 Å². The van der Waals surface area contributed by atoms with Crippen molar-refractivity contribution < 1.29 is 0 Å². The SMILES string of the molecule is c1ccc2c(c1)Sc1cccc3c1B2c1ccccc1C31c2ccccc2B(c2ccc3c(c2)[Si]2(c4ccccc4-c4ccccc42)c2ccccc2-3)c2ccccc21. The summed E-state index contributed by atoms with van der Waals surface area (Å²) in [5, 5.41) is 6.10. The molecule has 4 heteroatoms. The predicted octanol–water partition coefficient (Wildman–Crippen LogP) is 5.53. The van der Waals surface area contributed by atoms with Gasteiger partial charge in [-0.3, -0.25) is 0 Å². The molecule has 270 valence electrons. The van der Waals surface area contributed by atoms with E-state index in [1.165, 1.54) is 108 Å². The van der Waals surface area contributed by atoms with E-state index in [2.05, 4.69) is 206 Å². The number of benzene rings is 9. The average molecular weight is 777 g/mol. The van der Waals surface area contributed by atoms with Gasteiger partial charge in [0.25, 0.3) is 0 Å². The van der Waals surface area contributed by atoms with Crippen LogP contribution in [0.25, 0.3) is 22.3 Å². The summed E-state index contributed by atoms with van der Waals surface area (Å²) in [4.78, 5) is 2.74. The summed E-state index contributed by atoms with van der Waals surface area (Å²) in [6, 6.07) is 80.1. The zero-order valence-corrected chi connectivity index (χ0v) is 34.0. The molecule has 0 fully saturated rings. The molecule has 5 heterocycles. The molecule has 0 unspecified atom stereocenters. The molecule has 0 N–H and O–H groups in total. The van der Waals surface area contributed by atoms with Crippen molar-refractivity contribution in [3.63, 3.8) is 0 Å². The van der Waals surface area contributed by atoms with E-state index in [0.717, 1.165) is 0 Å². The van der Waals surface area contributed by atoms with Gasteiger partial charge in [-0.1, -0.05) is 239 Å². The van der Waals surface area contributed by atoms with Crippen LogP contribution in [0, 0.1) is 0 Å². The molecule has 0 aliphatic carbocycles. The lowest BCUT2D eigenvalue weighted by molar-refractivity contribution is 0.754. The molecule has 2 spiro atoms. The minimum Gasteiger partial charge on any atom is -0.0912 e. The Morgan fingerprint density at radius 2 is 0.780 bits per heavy atom. The second-order valence-electron chi connectivity index (χ2n) is 16.9. The van der Waals surface area contributed by atoms with Gasteiger partial charge in [0, 0.05) is 9.79 Å². The highest BCUT2D eigenvalue weighted by Gasteiger charge is 2.56. The predicted molar refractivity (Wildman–Crippen MR) is 253 cm³/mol. The molecule has 0 aromatic heterocycles. The maximum absolute atomic E-state index is 2.67. The molecule has 5 aliphatic heterocycles. The first-order valence-corrected chi connectivity index (χ1v) is 23.7. The van der Waals surface area contributed by atoms with Gasteiger partial charge in [-0.15, -0.1) is 0 Å². The molecule has 5 aliphatic rings. The highest BCUT2D eigenvalue weighted by atomic mass is 32.2. The van der Waals surface area contributed by atoms with Crippen LogP contribution in [-0.2, 0) is 5.41 Å². The molecular weight excluding hydrogens is 742 g/mol. The summed E-state index contributed by atoms with van der Waals surface area (Å²) in [6.07, 6.45) is 0. The van der Waals surface area contributed by atoms with Crippen LogP contribution in [0.15, 0.2) is 216 Å². The Kier molecular flexibility index (Phi) is 6.45. The Bertz CT molecular complexity index is 3200. The van der Waals surface area contributed by atoms with E-state index in [1.807, 2.05) is 11.8 Å². The van der Waals surface area contributed by atoms with Gasteiger partial charge in [-0.25, -0.2) is 0 Å². The standard InChI is InChI=1S/C55H34B2SSi/c1-12-29-50-36(16-1)37-17-2-13-30-51(37)59(50)52-31-14-3-18-38(52)39-33-32-35(34-53(39)59)56-44-23-7-4-19-40(44)55(41-20-5-8-24-45(41)56)42-21-6-9-25-46(42)57-47-26-10-11-27-48(47)58-49-28-15-22-43(55)54(49)57/h1-34H. The van der Waals surface area contributed by atoms with Crippen LogP contribution in [0.2, 0.25) is 0 Å². The van der Waals surface area contributed by atoms with E-state index in [4.69, 9.17) is 0 Å². The number of fused-ring (bicyclic) bond motifs is 20. The van der Waals surface area contributed by atoms with E-state index >= 15 is 0 Å². The van der Waals surface area contributed by atoms with Gasteiger partial charge in [0.2, 0.25) is 13.4 Å². The van der Waals surface area contributed by atoms with Crippen LogP contribution < -0.4 is 53.5 Å². The molecule has 14 rings (SSSR count). The van der Waals surface area contributed by atoms with Gasteiger partial charge in [0.1, 0.15) is 0 Å². The molecule has 0 radical (unpaired) electrons. The van der Waals surface area contributed by atoms with Crippen LogP contribution in [0.5, 0.6) is 0 Å². The second-order valence-corrected chi connectivity index (χ2v) is 21.7. The van der Waals surface area contributed by atoms with Crippen LogP contribution in [-0.4, -0.2) is 21.5 Å². The Morgan fingerprint density at radius 1 is 0.339 bits per heavy atom. The van der Waals surface area contributed by atoms with E-state index in [0.29, 0.717) is 0 Å². The fourth-order valence-electron chi connectivity index (χ4n) is 12.6. The Balaban J connectivity index is 1.05. The van der Waals surface area contributed by atoms with Crippen molar-refractivity contribution in [2.75, 3.05) is 0 Å². The van der Waals surface area contributed by atoms with Crippen molar-refractivity contribution in [2.45, 2.75) is 15.2 Å². The van der Waals surface area contributed by atoms with Gasteiger partial charge in [0.05, 0.1) is 5.41 Å². The van der Waals surface area contributed by atoms with Crippen molar-refractivity contribution in [1.82, 2.24) is 0 Å². The summed E-state index contributed by atoms with van der Waals surface area (Å²) in [7, 11) is -2.61. The zero-order chi connectivity index (χ0) is 38.5. The third kappa shape index (κ3) is 3.86. The highest BCUT2D eigenvalue weighted by molar-refractivity contribution is 8.00. The van der Waals surface area contributed by atoms with E-state index in [9.17, 15) is 0 Å². The monoisotopic (exact) mass is 776 g/mol. The van der Waals surface area contributed by atoms with Crippen molar-refractivity contribution in [1.29, 1.82) is 0 Å². The lowest BCUT2D eigenvalue weighted by atomic mass is 9.26. The number of hydrogen-bond acceptors (Lipinski definition) is 1. The lowest BCUT2D eigenvalue weighted by Crippen LogP contribution is -2.72. The lowest BCUT2D eigenvalue weighted by Gasteiger charge is -2.50. The topological polar surface area (TPSA) is 0 Å². The summed E-state index contributed by atoms with van der Waals surface area (Å²) < 4.78 is 0. The first-order valence-electron chi connectivity index (χ1n) is 20.9. The number of hydrogen-bond donors (Lipinski definition) is 0. The van der Waals surface area contributed by atoms with E-state index < -0.39 is 13.5 Å². The maximum atomic E-state index is 2.67. The van der Waals surface area contributed by atoms with E-state index in [1.54, 1.807) is 0 Å². The molecule has 9 aromatic carbocycles. The molecule has 9 aromatic rings. The Morgan fingerprint density at radius 3 is 1.37 bits per heavy atom. The quantitative estimate of drug-likeness (QED) is 0.198. The Hall–Kier alpha value is -6.32. The molecule has 59 heavy (non-hydrogen) atoms.